The van der Waals surface area contributed by atoms with Gasteiger partial charge in [-0.1, -0.05) is 24.3 Å². The molecule has 0 bridgehead atoms. The standard InChI is InChI=1S/C18H24N2O3S/c1-14(19-17-9-7-15(8-10-17)11-12-21)16-5-4-6-18(13-16)24(22,23)20(2)3/h4-10,13-14,19,21H,11-12H2,1-3H3. The van der Waals surface area contributed by atoms with Crippen molar-refractivity contribution in [1.82, 2.24) is 4.31 Å². The summed E-state index contributed by atoms with van der Waals surface area (Å²) in [6.07, 6.45) is 0.639. The van der Waals surface area contributed by atoms with E-state index in [1.165, 1.54) is 18.4 Å². The van der Waals surface area contributed by atoms with Gasteiger partial charge in [0.15, 0.2) is 0 Å². The molecule has 0 aromatic heterocycles. The molecular weight excluding hydrogens is 324 g/mol. The quantitative estimate of drug-likeness (QED) is 0.807. The Morgan fingerprint density at radius 1 is 1.12 bits per heavy atom. The van der Waals surface area contributed by atoms with Gasteiger partial charge < -0.3 is 10.4 Å². The van der Waals surface area contributed by atoms with Crippen molar-refractivity contribution in [1.29, 1.82) is 0 Å². The summed E-state index contributed by atoms with van der Waals surface area (Å²) >= 11 is 0. The Labute approximate surface area is 144 Å². The second-order valence-corrected chi connectivity index (χ2v) is 8.05. The SMILES string of the molecule is CC(Nc1ccc(CCO)cc1)c1cccc(S(=O)(=O)N(C)C)c1. The van der Waals surface area contributed by atoms with Crippen molar-refractivity contribution < 1.29 is 13.5 Å². The molecule has 2 aromatic carbocycles. The molecular formula is C18H24N2O3S. The Balaban J connectivity index is 2.17. The van der Waals surface area contributed by atoms with Gasteiger partial charge in [-0.05, 0) is 48.7 Å². The first kappa shape index (κ1) is 18.4. The van der Waals surface area contributed by atoms with E-state index in [0.717, 1.165) is 16.8 Å². The normalized spacial score (nSPS) is 13.0. The Kier molecular flexibility index (Phi) is 5.99. The van der Waals surface area contributed by atoms with E-state index < -0.39 is 10.0 Å². The lowest BCUT2D eigenvalue weighted by Gasteiger charge is -2.18. The molecule has 0 aliphatic heterocycles. The molecule has 0 radical (unpaired) electrons. The Morgan fingerprint density at radius 2 is 1.79 bits per heavy atom. The van der Waals surface area contributed by atoms with Gasteiger partial charge in [-0.3, -0.25) is 0 Å². The van der Waals surface area contributed by atoms with Crippen LogP contribution in [-0.2, 0) is 16.4 Å². The van der Waals surface area contributed by atoms with E-state index >= 15 is 0 Å². The van der Waals surface area contributed by atoms with Crippen molar-refractivity contribution >= 4 is 15.7 Å². The van der Waals surface area contributed by atoms with Crippen LogP contribution in [0, 0.1) is 0 Å². The molecule has 130 valence electrons. The molecule has 0 spiro atoms. The summed E-state index contributed by atoms with van der Waals surface area (Å²) in [5, 5.41) is 12.3. The Hall–Kier alpha value is -1.89. The van der Waals surface area contributed by atoms with E-state index in [-0.39, 0.29) is 17.5 Å². The van der Waals surface area contributed by atoms with Crippen molar-refractivity contribution in [2.45, 2.75) is 24.3 Å². The minimum atomic E-state index is -3.44. The number of sulfonamides is 1. The third kappa shape index (κ3) is 4.35. The zero-order valence-electron chi connectivity index (χ0n) is 14.2. The first-order valence-corrected chi connectivity index (χ1v) is 9.27. The lowest BCUT2D eigenvalue weighted by Crippen LogP contribution is -2.22. The summed E-state index contributed by atoms with van der Waals surface area (Å²) < 4.78 is 25.7. The number of aliphatic hydroxyl groups is 1. The highest BCUT2D eigenvalue weighted by Gasteiger charge is 2.18. The van der Waals surface area contributed by atoms with Gasteiger partial charge in [0, 0.05) is 32.4 Å². The van der Waals surface area contributed by atoms with Crippen LogP contribution < -0.4 is 5.32 Å². The maximum Gasteiger partial charge on any atom is 0.242 e. The molecule has 0 amide bonds. The second-order valence-electron chi connectivity index (χ2n) is 5.90. The van der Waals surface area contributed by atoms with Crippen LogP contribution in [0.3, 0.4) is 0 Å². The van der Waals surface area contributed by atoms with Gasteiger partial charge in [0.1, 0.15) is 0 Å². The van der Waals surface area contributed by atoms with Crippen LogP contribution in [0.25, 0.3) is 0 Å². The fraction of sp³-hybridized carbons (Fsp3) is 0.333. The molecule has 6 heteroatoms. The summed E-state index contributed by atoms with van der Waals surface area (Å²) in [5.41, 5.74) is 2.93. The van der Waals surface area contributed by atoms with Gasteiger partial charge in [0.2, 0.25) is 10.0 Å². The van der Waals surface area contributed by atoms with Crippen LogP contribution in [-0.4, -0.2) is 38.5 Å². The first-order valence-electron chi connectivity index (χ1n) is 7.83. The zero-order valence-corrected chi connectivity index (χ0v) is 15.0. The highest BCUT2D eigenvalue weighted by molar-refractivity contribution is 7.89. The lowest BCUT2D eigenvalue weighted by atomic mass is 10.1. The topological polar surface area (TPSA) is 69.6 Å². The summed E-state index contributed by atoms with van der Waals surface area (Å²) in [5.74, 6) is 0. The van der Waals surface area contributed by atoms with Crippen molar-refractivity contribution in [2.24, 2.45) is 0 Å². The van der Waals surface area contributed by atoms with Gasteiger partial charge in [-0.2, -0.15) is 0 Å². The van der Waals surface area contributed by atoms with Crippen LogP contribution in [0.4, 0.5) is 5.69 Å². The molecule has 0 fully saturated rings. The average Bonchev–Trinajstić information content (AvgIpc) is 2.57. The van der Waals surface area contributed by atoms with Crippen LogP contribution in [0.2, 0.25) is 0 Å². The van der Waals surface area contributed by atoms with Crippen molar-refractivity contribution in [2.75, 3.05) is 26.0 Å². The van der Waals surface area contributed by atoms with Gasteiger partial charge in [0.05, 0.1) is 4.90 Å². The van der Waals surface area contributed by atoms with Gasteiger partial charge in [-0.25, -0.2) is 12.7 Å². The van der Waals surface area contributed by atoms with Crippen molar-refractivity contribution in [3.63, 3.8) is 0 Å². The van der Waals surface area contributed by atoms with Crippen LogP contribution in [0.5, 0.6) is 0 Å². The fourth-order valence-electron chi connectivity index (χ4n) is 2.39. The molecule has 0 saturated carbocycles. The number of hydrogen-bond donors (Lipinski definition) is 2. The molecule has 2 N–H and O–H groups in total. The van der Waals surface area contributed by atoms with Crippen LogP contribution >= 0.6 is 0 Å². The first-order chi connectivity index (χ1) is 11.3. The Morgan fingerprint density at radius 3 is 2.38 bits per heavy atom. The van der Waals surface area contributed by atoms with Gasteiger partial charge in [-0.15, -0.1) is 0 Å². The zero-order chi connectivity index (χ0) is 17.7. The Bertz CT molecular complexity index is 771. The summed E-state index contributed by atoms with van der Waals surface area (Å²) in [6, 6.07) is 14.8. The minimum Gasteiger partial charge on any atom is -0.396 e. The maximum absolute atomic E-state index is 12.2. The van der Waals surface area contributed by atoms with E-state index in [1.807, 2.05) is 37.3 Å². The van der Waals surface area contributed by atoms with E-state index in [1.54, 1.807) is 18.2 Å². The number of rotatable bonds is 7. The minimum absolute atomic E-state index is 0.0361. The number of nitrogens with one attached hydrogen (secondary N) is 1. The second kappa shape index (κ2) is 7.79. The predicted molar refractivity (Wildman–Crippen MR) is 96.6 cm³/mol. The lowest BCUT2D eigenvalue weighted by molar-refractivity contribution is 0.299. The molecule has 1 atom stereocenters. The molecule has 1 unspecified atom stereocenters. The fourth-order valence-corrected chi connectivity index (χ4v) is 3.34. The number of nitrogens with zero attached hydrogens (tertiary/aromatic N) is 1. The van der Waals surface area contributed by atoms with Gasteiger partial charge >= 0.3 is 0 Å². The van der Waals surface area contributed by atoms with Gasteiger partial charge in [0.25, 0.3) is 0 Å². The highest BCUT2D eigenvalue weighted by Crippen LogP contribution is 2.23. The summed E-state index contributed by atoms with van der Waals surface area (Å²) in [7, 11) is -0.385. The van der Waals surface area contributed by atoms with Crippen LogP contribution in [0.15, 0.2) is 53.4 Å². The van der Waals surface area contributed by atoms with E-state index in [2.05, 4.69) is 5.32 Å². The largest absolute Gasteiger partial charge is 0.396 e. The maximum atomic E-state index is 12.2. The van der Waals surface area contributed by atoms with E-state index in [4.69, 9.17) is 5.11 Å². The van der Waals surface area contributed by atoms with Crippen LogP contribution in [0.1, 0.15) is 24.1 Å². The highest BCUT2D eigenvalue weighted by atomic mass is 32.2. The summed E-state index contributed by atoms with van der Waals surface area (Å²) in [6.45, 7) is 2.12. The average molecular weight is 348 g/mol. The number of anilines is 1. The molecule has 0 heterocycles. The molecule has 24 heavy (non-hydrogen) atoms. The predicted octanol–water partition coefficient (Wildman–Crippen LogP) is 2.64. The smallest absolute Gasteiger partial charge is 0.242 e. The molecule has 5 nitrogen and oxygen atoms in total. The number of hydrogen-bond acceptors (Lipinski definition) is 4. The van der Waals surface area contributed by atoms with Crippen molar-refractivity contribution in [3.8, 4) is 0 Å². The molecule has 0 saturated heterocycles. The summed E-state index contributed by atoms with van der Waals surface area (Å²) in [4.78, 5) is 0.289. The monoisotopic (exact) mass is 348 g/mol. The molecule has 0 aliphatic carbocycles. The third-order valence-corrected chi connectivity index (χ3v) is 5.69. The molecule has 2 aromatic rings. The number of benzene rings is 2. The number of aliphatic hydroxyl groups excluding tert-OH is 1. The molecule has 2 rings (SSSR count). The van der Waals surface area contributed by atoms with E-state index in [9.17, 15) is 8.42 Å². The third-order valence-electron chi connectivity index (χ3n) is 3.87. The molecule has 0 aliphatic rings. The van der Waals surface area contributed by atoms with Crippen molar-refractivity contribution in [3.05, 3.63) is 59.7 Å². The van der Waals surface area contributed by atoms with E-state index in [0.29, 0.717) is 6.42 Å².